The van der Waals surface area contributed by atoms with Gasteiger partial charge in [0.25, 0.3) is 0 Å². The molecule has 1 aromatic carbocycles. The van der Waals surface area contributed by atoms with Gasteiger partial charge in [-0.1, -0.05) is 17.7 Å². The van der Waals surface area contributed by atoms with Crippen molar-refractivity contribution in [1.82, 2.24) is 0 Å². The van der Waals surface area contributed by atoms with Crippen LogP contribution in [0.15, 0.2) is 18.2 Å². The van der Waals surface area contributed by atoms with Gasteiger partial charge in [-0.15, -0.1) is 0 Å². The largest absolute Gasteiger partial charge is 0.327 e. The predicted molar refractivity (Wildman–Crippen MR) is 46.7 cm³/mol. The number of rotatable bonds is 1. The maximum absolute atomic E-state index is 13.2. The van der Waals surface area contributed by atoms with Crippen LogP contribution in [0.2, 0.25) is 5.02 Å². The zero-order valence-electron chi connectivity index (χ0n) is 6.43. The molecule has 3 heteroatoms. The third-order valence-corrected chi connectivity index (χ3v) is 2.54. The summed E-state index contributed by atoms with van der Waals surface area (Å²) in [6.07, 6.45) is 0.848. The quantitative estimate of drug-likeness (QED) is 0.714. The average Bonchev–Trinajstić information content (AvgIpc) is 2.67. The minimum Gasteiger partial charge on any atom is -0.327 e. The first kappa shape index (κ1) is 8.02. The fourth-order valence-electron chi connectivity index (χ4n) is 1.41. The number of hydrogen-bond acceptors (Lipinski definition) is 1. The van der Waals surface area contributed by atoms with Gasteiger partial charge in [-0.2, -0.15) is 0 Å². The highest BCUT2D eigenvalue weighted by Gasteiger charge is 2.38. The van der Waals surface area contributed by atoms with E-state index < -0.39 is 0 Å². The van der Waals surface area contributed by atoms with E-state index in [4.69, 9.17) is 17.3 Å². The van der Waals surface area contributed by atoms with Gasteiger partial charge in [0.05, 0.1) is 0 Å². The van der Waals surface area contributed by atoms with Gasteiger partial charge in [0.15, 0.2) is 0 Å². The summed E-state index contributed by atoms with van der Waals surface area (Å²) in [7, 11) is 0. The van der Waals surface area contributed by atoms with Gasteiger partial charge in [-0.05, 0) is 18.6 Å². The molecule has 2 unspecified atom stereocenters. The van der Waals surface area contributed by atoms with Crippen molar-refractivity contribution in [2.45, 2.75) is 18.4 Å². The van der Waals surface area contributed by atoms with E-state index in [1.807, 2.05) is 0 Å². The Morgan fingerprint density at radius 1 is 1.50 bits per heavy atom. The van der Waals surface area contributed by atoms with E-state index in [1.165, 1.54) is 6.07 Å². The Hall–Kier alpha value is -0.600. The molecule has 2 rings (SSSR count). The molecule has 1 saturated carbocycles. The van der Waals surface area contributed by atoms with Crippen LogP contribution in [0.1, 0.15) is 17.9 Å². The lowest BCUT2D eigenvalue weighted by molar-refractivity contribution is 0.609. The molecule has 0 heterocycles. The van der Waals surface area contributed by atoms with Crippen LogP contribution >= 0.6 is 11.6 Å². The molecular formula is C9H9ClFN. The van der Waals surface area contributed by atoms with Crippen molar-refractivity contribution in [2.24, 2.45) is 5.73 Å². The maximum atomic E-state index is 13.2. The molecule has 0 amide bonds. The van der Waals surface area contributed by atoms with Crippen LogP contribution < -0.4 is 5.73 Å². The molecule has 0 saturated heterocycles. The van der Waals surface area contributed by atoms with E-state index in [-0.39, 0.29) is 17.8 Å². The van der Waals surface area contributed by atoms with Gasteiger partial charge in [0.2, 0.25) is 0 Å². The van der Waals surface area contributed by atoms with Crippen molar-refractivity contribution in [3.63, 3.8) is 0 Å². The van der Waals surface area contributed by atoms with E-state index in [2.05, 4.69) is 0 Å². The monoisotopic (exact) mass is 185 g/mol. The molecule has 0 aromatic heterocycles. The molecule has 0 radical (unpaired) electrons. The van der Waals surface area contributed by atoms with Crippen LogP contribution in [-0.2, 0) is 0 Å². The summed E-state index contributed by atoms with van der Waals surface area (Å²) in [5.41, 5.74) is 6.20. The Kier molecular flexibility index (Phi) is 1.81. The number of hydrogen-bond donors (Lipinski definition) is 1. The molecular weight excluding hydrogens is 177 g/mol. The Bertz CT molecular complexity index is 293. The van der Waals surface area contributed by atoms with Gasteiger partial charge in [0, 0.05) is 22.5 Å². The summed E-state index contributed by atoms with van der Waals surface area (Å²) in [6.45, 7) is 0. The number of halogens is 2. The van der Waals surface area contributed by atoms with Crippen molar-refractivity contribution in [1.29, 1.82) is 0 Å². The van der Waals surface area contributed by atoms with Crippen LogP contribution in [0.3, 0.4) is 0 Å². The zero-order chi connectivity index (χ0) is 8.72. The molecule has 1 aromatic rings. The first-order chi connectivity index (χ1) is 5.70. The van der Waals surface area contributed by atoms with Gasteiger partial charge in [-0.3, -0.25) is 0 Å². The lowest BCUT2D eigenvalue weighted by Crippen LogP contribution is -2.02. The maximum Gasteiger partial charge on any atom is 0.128 e. The minimum atomic E-state index is -0.236. The van der Waals surface area contributed by atoms with Crippen molar-refractivity contribution < 1.29 is 4.39 Å². The standard InChI is InChI=1S/C9H9ClFN/c10-6-2-1-3-7(11)9(6)5-4-8(5)12/h1-3,5,8H,4,12H2. The van der Waals surface area contributed by atoms with E-state index >= 15 is 0 Å². The van der Waals surface area contributed by atoms with E-state index in [1.54, 1.807) is 12.1 Å². The summed E-state index contributed by atoms with van der Waals surface area (Å²) in [4.78, 5) is 0. The van der Waals surface area contributed by atoms with Crippen molar-refractivity contribution >= 4 is 11.6 Å². The highest BCUT2D eigenvalue weighted by atomic mass is 35.5. The smallest absolute Gasteiger partial charge is 0.128 e. The van der Waals surface area contributed by atoms with Gasteiger partial charge in [0.1, 0.15) is 5.82 Å². The zero-order valence-corrected chi connectivity index (χ0v) is 7.18. The fourth-order valence-corrected chi connectivity index (χ4v) is 1.71. The Labute approximate surface area is 75.3 Å². The fraction of sp³-hybridized carbons (Fsp3) is 0.333. The molecule has 64 valence electrons. The Balaban J connectivity index is 2.41. The van der Waals surface area contributed by atoms with Crippen molar-refractivity contribution in [3.05, 3.63) is 34.6 Å². The summed E-state index contributed by atoms with van der Waals surface area (Å²) in [5.74, 6) is -0.0980. The van der Waals surface area contributed by atoms with Crippen molar-refractivity contribution in [3.8, 4) is 0 Å². The first-order valence-corrected chi connectivity index (χ1v) is 4.27. The molecule has 1 aliphatic rings. The highest BCUT2D eigenvalue weighted by Crippen LogP contribution is 2.43. The molecule has 0 spiro atoms. The van der Waals surface area contributed by atoms with Gasteiger partial charge >= 0.3 is 0 Å². The second-order valence-corrected chi connectivity index (χ2v) is 3.55. The summed E-state index contributed by atoms with van der Waals surface area (Å²) < 4.78 is 13.2. The van der Waals surface area contributed by atoms with Crippen LogP contribution in [0, 0.1) is 5.82 Å². The normalized spacial score (nSPS) is 27.2. The van der Waals surface area contributed by atoms with Gasteiger partial charge < -0.3 is 5.73 Å². The predicted octanol–water partition coefficient (Wildman–Crippen LogP) is 2.29. The molecule has 1 nitrogen and oxygen atoms in total. The van der Waals surface area contributed by atoms with Crippen LogP contribution in [-0.4, -0.2) is 6.04 Å². The van der Waals surface area contributed by atoms with Gasteiger partial charge in [-0.25, -0.2) is 4.39 Å². The lowest BCUT2D eigenvalue weighted by atomic mass is 10.1. The molecule has 0 bridgehead atoms. The number of benzene rings is 1. The molecule has 2 N–H and O–H groups in total. The highest BCUT2D eigenvalue weighted by molar-refractivity contribution is 6.31. The van der Waals surface area contributed by atoms with Crippen LogP contribution in [0.5, 0.6) is 0 Å². The Morgan fingerprint density at radius 3 is 2.67 bits per heavy atom. The lowest BCUT2D eigenvalue weighted by Gasteiger charge is -2.02. The molecule has 2 atom stereocenters. The average molecular weight is 186 g/mol. The summed E-state index contributed by atoms with van der Waals surface area (Å²) in [5, 5.41) is 0.493. The number of nitrogens with two attached hydrogens (primary N) is 1. The topological polar surface area (TPSA) is 26.0 Å². The molecule has 12 heavy (non-hydrogen) atoms. The SMILES string of the molecule is NC1CC1c1c(F)cccc1Cl. The second-order valence-electron chi connectivity index (χ2n) is 3.14. The summed E-state index contributed by atoms with van der Waals surface area (Å²) >= 11 is 5.83. The third-order valence-electron chi connectivity index (χ3n) is 2.21. The Morgan fingerprint density at radius 2 is 2.17 bits per heavy atom. The minimum absolute atomic E-state index is 0.0967. The van der Waals surface area contributed by atoms with E-state index in [0.29, 0.717) is 10.6 Å². The molecule has 0 aliphatic heterocycles. The second kappa shape index (κ2) is 2.71. The van der Waals surface area contributed by atoms with Crippen LogP contribution in [0.25, 0.3) is 0 Å². The van der Waals surface area contributed by atoms with Crippen LogP contribution in [0.4, 0.5) is 4.39 Å². The van der Waals surface area contributed by atoms with E-state index in [9.17, 15) is 4.39 Å². The van der Waals surface area contributed by atoms with Crippen molar-refractivity contribution in [2.75, 3.05) is 0 Å². The first-order valence-electron chi connectivity index (χ1n) is 3.89. The summed E-state index contributed by atoms with van der Waals surface area (Å²) in [6, 6.07) is 4.83. The molecule has 1 fully saturated rings. The third kappa shape index (κ3) is 1.21. The van der Waals surface area contributed by atoms with E-state index in [0.717, 1.165) is 6.42 Å². The molecule has 1 aliphatic carbocycles.